The van der Waals surface area contributed by atoms with Crippen LogP contribution in [0.5, 0.6) is 0 Å². The van der Waals surface area contributed by atoms with Crippen molar-refractivity contribution in [1.82, 2.24) is 0 Å². The molecule has 0 spiro atoms. The average Bonchev–Trinajstić information content (AvgIpc) is 1.92. The molecule has 0 aromatic carbocycles. The zero-order valence-electron chi connectivity index (χ0n) is 5.37. The van der Waals surface area contributed by atoms with Crippen LogP contribution >= 0.6 is 0 Å². The molecule has 0 aliphatic carbocycles. The molecule has 0 fully saturated rings. The predicted molar refractivity (Wildman–Crippen MR) is 36.6 cm³/mol. The van der Waals surface area contributed by atoms with Gasteiger partial charge in [-0.25, -0.2) is 0 Å². The van der Waals surface area contributed by atoms with E-state index < -0.39 is 0 Å². The zero-order valence-corrected chi connectivity index (χ0v) is 7.64. The van der Waals surface area contributed by atoms with Crippen molar-refractivity contribution >= 4 is 0 Å². The van der Waals surface area contributed by atoms with Gasteiger partial charge in [-0.05, 0) is 0 Å². The number of rotatable bonds is 0. The molecule has 0 heterocycles. The fourth-order valence-electron chi connectivity index (χ4n) is 0. The second-order valence-corrected chi connectivity index (χ2v) is 0.298. The van der Waals surface area contributed by atoms with Crippen LogP contribution in [0.1, 0.15) is 0 Å². The van der Waals surface area contributed by atoms with E-state index in [2.05, 4.69) is 0 Å². The van der Waals surface area contributed by atoms with Gasteiger partial charge in [0, 0.05) is 0 Å². The minimum Gasteiger partial charge on any atom is -0.444 e. The normalized spacial score (nSPS) is 3.69. The Morgan fingerprint density at radius 1 is 0.538 bits per heavy atom. The van der Waals surface area contributed by atoms with Crippen LogP contribution in [-0.2, 0) is 21.1 Å². The van der Waals surface area contributed by atoms with E-state index in [9.17, 15) is 0 Å². The van der Waals surface area contributed by atoms with Gasteiger partial charge in [-0.2, -0.15) is 0 Å². The fraction of sp³-hybridized carbons (Fsp3) is 0. The molecule has 13 heteroatoms. The van der Waals surface area contributed by atoms with Gasteiger partial charge in [0.05, 0.1) is 0 Å². The first kappa shape index (κ1) is 30.2. The molecule has 78 valence electrons. The zero-order chi connectivity index (χ0) is 10.8. The van der Waals surface area contributed by atoms with Gasteiger partial charge in [-0.15, -0.1) is 21.4 Å². The monoisotopic (exact) mass is 379 g/mol. The Balaban J connectivity index is -0.0000000213. The van der Waals surface area contributed by atoms with Crippen molar-refractivity contribution in [3.05, 3.63) is 40.5 Å². The van der Waals surface area contributed by atoms with Gasteiger partial charge in [0.1, 0.15) is 0 Å². The second kappa shape index (κ2) is 170. The third kappa shape index (κ3) is 241. The van der Waals surface area contributed by atoms with E-state index in [0.29, 0.717) is 0 Å². The Morgan fingerprint density at radius 3 is 0.538 bits per heavy atom. The maximum atomic E-state index is 8.00. The van der Waals surface area contributed by atoms with E-state index in [1.807, 2.05) is 0 Å². The Hall–Kier alpha value is -1.71. The maximum absolute atomic E-state index is 8.00. The molecular formula is N4O8Pt. The summed E-state index contributed by atoms with van der Waals surface area (Å²) in [6.07, 6.45) is 0. The van der Waals surface area contributed by atoms with Crippen LogP contribution in [-0.4, -0.2) is 0 Å². The molecule has 12 nitrogen and oxygen atoms in total. The van der Waals surface area contributed by atoms with Crippen LogP contribution < -0.4 is 0 Å². The van der Waals surface area contributed by atoms with Crippen LogP contribution in [0.25, 0.3) is 0 Å². The molecule has 0 aliphatic heterocycles. The average molecular weight is 379 g/mol. The topological polar surface area (TPSA) is 210 Å². The maximum Gasteiger partial charge on any atom is 4.00 e. The summed E-state index contributed by atoms with van der Waals surface area (Å²) in [5.41, 5.74) is 0. The molecule has 0 rings (SSSR count). The van der Waals surface area contributed by atoms with Crippen molar-refractivity contribution in [2.75, 3.05) is 0 Å². The minimum absolute atomic E-state index is 0. The largest absolute Gasteiger partial charge is 4.00 e. The van der Waals surface area contributed by atoms with Crippen molar-refractivity contribution in [1.29, 1.82) is 0 Å². The summed E-state index contributed by atoms with van der Waals surface area (Å²) in [5, 5.41) is 36.0. The minimum atomic E-state index is 0. The number of hydrogen-bond acceptors (Lipinski definition) is 12. The first-order valence-corrected chi connectivity index (χ1v) is 1.46. The predicted octanol–water partition coefficient (Wildman–Crippen LogP) is 1.000. The second-order valence-electron chi connectivity index (χ2n) is 0.298. The molecule has 0 N–H and O–H groups in total. The Bertz CT molecular complexity index is 70.1. The molecule has 13 heavy (non-hydrogen) atoms. The Morgan fingerprint density at radius 2 is 0.538 bits per heavy atom. The molecule has 0 saturated heterocycles. The van der Waals surface area contributed by atoms with Crippen LogP contribution in [0.4, 0.5) is 0 Å². The first-order chi connectivity index (χ1) is 5.66. The summed E-state index contributed by atoms with van der Waals surface area (Å²) >= 11 is 0. The molecule has 0 bridgehead atoms. The molecule has 0 radical (unpaired) electrons. The van der Waals surface area contributed by atoms with Crippen molar-refractivity contribution in [2.45, 2.75) is 0 Å². The molecule has 0 aliphatic rings. The van der Waals surface area contributed by atoms with Gasteiger partial charge in [-0.3, -0.25) is 0 Å². The summed E-state index contributed by atoms with van der Waals surface area (Å²) in [4.78, 5) is 32.0. The van der Waals surface area contributed by atoms with Gasteiger partial charge < -0.3 is 40.5 Å². The van der Waals surface area contributed by atoms with Crippen molar-refractivity contribution < 1.29 is 21.1 Å². The van der Waals surface area contributed by atoms with Crippen LogP contribution in [0, 0.1) is 40.5 Å². The summed E-state index contributed by atoms with van der Waals surface area (Å²) in [6.45, 7) is 0. The first-order valence-electron chi connectivity index (χ1n) is 1.46. The molecule has 0 aromatic rings. The fourth-order valence-corrected chi connectivity index (χ4v) is 0. The van der Waals surface area contributed by atoms with Crippen molar-refractivity contribution in [3.8, 4) is 0 Å². The third-order valence-electron chi connectivity index (χ3n) is 0. The van der Waals surface area contributed by atoms with E-state index >= 15 is 0 Å². The van der Waals surface area contributed by atoms with E-state index in [0.717, 1.165) is 21.4 Å². The summed E-state index contributed by atoms with van der Waals surface area (Å²) in [5.74, 6) is 0. The Kier molecular flexibility index (Phi) is 394. The van der Waals surface area contributed by atoms with Gasteiger partial charge in [0.15, 0.2) is 0 Å². The van der Waals surface area contributed by atoms with Crippen LogP contribution in [0.2, 0.25) is 0 Å². The molecule has 0 amide bonds. The molecule has 0 unspecified atom stereocenters. The molecular weight excluding hydrogens is 379 g/mol. The van der Waals surface area contributed by atoms with E-state index in [4.69, 9.17) is 40.5 Å². The van der Waals surface area contributed by atoms with E-state index in [1.165, 1.54) is 0 Å². The van der Waals surface area contributed by atoms with Gasteiger partial charge in [0.25, 0.3) is 0 Å². The van der Waals surface area contributed by atoms with Gasteiger partial charge >= 0.3 is 21.1 Å². The van der Waals surface area contributed by atoms with Crippen molar-refractivity contribution in [2.24, 2.45) is 21.4 Å². The van der Waals surface area contributed by atoms with Crippen LogP contribution in [0.3, 0.4) is 0 Å². The number of hydrogen-bond donors (Lipinski definition) is 0. The standard InChI is InChI=1S/4HNO2.Pt/c4*2-1-3;/h4*(H,2,3);/q;;;;+4/p-4. The molecule has 0 saturated carbocycles. The van der Waals surface area contributed by atoms with Gasteiger partial charge in [0.2, 0.25) is 0 Å². The summed E-state index contributed by atoms with van der Waals surface area (Å²) < 4.78 is 0. The quantitative estimate of drug-likeness (QED) is 0.436. The Labute approximate surface area is 83.6 Å². The van der Waals surface area contributed by atoms with Crippen LogP contribution in [0.15, 0.2) is 21.4 Å². The third-order valence-corrected chi connectivity index (χ3v) is 0. The summed E-state index contributed by atoms with van der Waals surface area (Å²) in [7, 11) is 0. The van der Waals surface area contributed by atoms with E-state index in [-0.39, 0.29) is 21.1 Å². The van der Waals surface area contributed by atoms with Gasteiger partial charge in [-0.1, -0.05) is 0 Å². The summed E-state index contributed by atoms with van der Waals surface area (Å²) in [6, 6.07) is 0. The van der Waals surface area contributed by atoms with Crippen molar-refractivity contribution in [3.63, 3.8) is 0 Å². The SMILES string of the molecule is O=N[O-].O=N[O-].O=N[O-].O=N[O-].[Pt+4]. The number of nitrogens with zero attached hydrogens (tertiary/aromatic N) is 4. The van der Waals surface area contributed by atoms with E-state index in [1.54, 1.807) is 0 Å². The smallest absolute Gasteiger partial charge is 0.444 e. The molecule has 0 atom stereocenters. The molecule has 0 aromatic heterocycles.